The maximum Gasteiger partial charge on any atom is 0.0527 e. The van der Waals surface area contributed by atoms with Crippen molar-refractivity contribution in [2.45, 2.75) is 45.4 Å². The summed E-state index contributed by atoms with van der Waals surface area (Å²) in [6, 6.07) is 0. The van der Waals surface area contributed by atoms with Crippen LogP contribution in [-0.2, 0) is 0 Å². The number of aliphatic hydroxyl groups is 1. The summed E-state index contributed by atoms with van der Waals surface area (Å²) in [5.41, 5.74) is 1.76. The Hall–Kier alpha value is -0.300. The van der Waals surface area contributed by atoms with Gasteiger partial charge in [0.25, 0.3) is 0 Å². The van der Waals surface area contributed by atoms with Gasteiger partial charge in [-0.1, -0.05) is 24.5 Å². The minimum absolute atomic E-state index is 0.215. The summed E-state index contributed by atoms with van der Waals surface area (Å²) >= 11 is 0. The smallest absolute Gasteiger partial charge is 0.0527 e. The first-order chi connectivity index (χ1) is 6.33. The molecule has 0 aromatic heterocycles. The van der Waals surface area contributed by atoms with Gasteiger partial charge in [-0.2, -0.15) is 0 Å². The molecule has 1 nitrogen and oxygen atoms in total. The molecule has 0 aliphatic heterocycles. The van der Waals surface area contributed by atoms with E-state index in [1.807, 2.05) is 0 Å². The Labute approximate surface area is 80.8 Å². The van der Waals surface area contributed by atoms with Crippen molar-refractivity contribution in [1.82, 2.24) is 0 Å². The lowest BCUT2D eigenvalue weighted by atomic mass is 9.67. The van der Waals surface area contributed by atoms with Gasteiger partial charge in [-0.15, -0.1) is 0 Å². The molecule has 0 heterocycles. The van der Waals surface area contributed by atoms with Crippen molar-refractivity contribution in [3.8, 4) is 0 Å². The van der Waals surface area contributed by atoms with Gasteiger partial charge in [0, 0.05) is 5.41 Å². The van der Waals surface area contributed by atoms with Crippen LogP contribution in [0.15, 0.2) is 11.6 Å². The van der Waals surface area contributed by atoms with Crippen LogP contribution in [0.2, 0.25) is 0 Å². The Morgan fingerprint density at radius 1 is 1.46 bits per heavy atom. The molecule has 0 spiro atoms. The van der Waals surface area contributed by atoms with E-state index in [0.717, 1.165) is 5.92 Å². The van der Waals surface area contributed by atoms with Crippen LogP contribution in [0.1, 0.15) is 45.4 Å². The average molecular weight is 180 g/mol. The van der Waals surface area contributed by atoms with Crippen LogP contribution in [-0.4, -0.2) is 11.7 Å². The van der Waals surface area contributed by atoms with E-state index < -0.39 is 0 Å². The third-order valence-electron chi connectivity index (χ3n) is 4.24. The molecule has 2 saturated carbocycles. The molecule has 0 aromatic rings. The van der Waals surface area contributed by atoms with Crippen LogP contribution < -0.4 is 0 Å². The van der Waals surface area contributed by atoms with E-state index in [0.29, 0.717) is 6.61 Å². The zero-order valence-corrected chi connectivity index (χ0v) is 8.55. The number of allylic oxidation sites excluding steroid dienone is 1. The first-order valence-corrected chi connectivity index (χ1v) is 5.60. The minimum Gasteiger partial charge on any atom is -0.395 e. The first kappa shape index (κ1) is 9.26. The number of rotatable bonds is 1. The van der Waals surface area contributed by atoms with Gasteiger partial charge in [0.05, 0.1) is 6.61 Å². The van der Waals surface area contributed by atoms with E-state index >= 15 is 0 Å². The molecule has 74 valence electrons. The predicted octanol–water partition coefficient (Wildman–Crippen LogP) is 2.90. The average Bonchev–Trinajstić information content (AvgIpc) is 2.56. The van der Waals surface area contributed by atoms with Crippen molar-refractivity contribution >= 4 is 0 Å². The van der Waals surface area contributed by atoms with Crippen molar-refractivity contribution in [2.75, 3.05) is 6.61 Å². The fourth-order valence-corrected chi connectivity index (χ4v) is 3.48. The zero-order valence-electron chi connectivity index (χ0n) is 8.55. The SMILES string of the molecule is C/C=C1/CCC2CCCCC12CO. The monoisotopic (exact) mass is 180 g/mol. The molecule has 2 aliphatic rings. The fraction of sp³-hybridized carbons (Fsp3) is 0.833. The predicted molar refractivity (Wildman–Crippen MR) is 54.5 cm³/mol. The Balaban J connectivity index is 2.28. The van der Waals surface area contributed by atoms with Crippen molar-refractivity contribution in [2.24, 2.45) is 11.3 Å². The molecule has 2 rings (SSSR count). The van der Waals surface area contributed by atoms with E-state index in [9.17, 15) is 5.11 Å². The van der Waals surface area contributed by atoms with Crippen LogP contribution in [0, 0.1) is 11.3 Å². The minimum atomic E-state index is 0.215. The lowest BCUT2D eigenvalue weighted by Crippen LogP contribution is -2.34. The van der Waals surface area contributed by atoms with Crippen LogP contribution in [0.3, 0.4) is 0 Å². The molecular weight excluding hydrogens is 160 g/mol. The van der Waals surface area contributed by atoms with E-state index in [1.165, 1.54) is 38.5 Å². The molecule has 0 radical (unpaired) electrons. The maximum absolute atomic E-state index is 9.61. The Morgan fingerprint density at radius 3 is 3.00 bits per heavy atom. The highest BCUT2D eigenvalue weighted by Gasteiger charge is 2.46. The van der Waals surface area contributed by atoms with Crippen LogP contribution in [0.4, 0.5) is 0 Å². The number of hydrogen-bond acceptors (Lipinski definition) is 1. The molecule has 13 heavy (non-hydrogen) atoms. The molecular formula is C12H20O. The molecule has 1 heteroatoms. The number of aliphatic hydroxyl groups excluding tert-OH is 1. The molecule has 2 unspecified atom stereocenters. The highest BCUT2D eigenvalue weighted by molar-refractivity contribution is 5.22. The van der Waals surface area contributed by atoms with E-state index in [4.69, 9.17) is 0 Å². The second-order valence-corrected chi connectivity index (χ2v) is 4.61. The van der Waals surface area contributed by atoms with Crippen molar-refractivity contribution in [3.63, 3.8) is 0 Å². The van der Waals surface area contributed by atoms with Crippen molar-refractivity contribution in [1.29, 1.82) is 0 Å². The van der Waals surface area contributed by atoms with Gasteiger partial charge in [-0.05, 0) is 38.5 Å². The highest BCUT2D eigenvalue weighted by Crippen LogP contribution is 2.54. The highest BCUT2D eigenvalue weighted by atomic mass is 16.3. The van der Waals surface area contributed by atoms with Gasteiger partial charge in [-0.3, -0.25) is 0 Å². The summed E-state index contributed by atoms with van der Waals surface area (Å²) in [6.45, 7) is 2.51. The zero-order chi connectivity index (χ0) is 9.31. The summed E-state index contributed by atoms with van der Waals surface area (Å²) in [4.78, 5) is 0. The summed E-state index contributed by atoms with van der Waals surface area (Å²) in [5.74, 6) is 0.789. The summed E-state index contributed by atoms with van der Waals surface area (Å²) < 4.78 is 0. The van der Waals surface area contributed by atoms with Gasteiger partial charge in [0.2, 0.25) is 0 Å². The second-order valence-electron chi connectivity index (χ2n) is 4.61. The normalized spacial score (nSPS) is 42.3. The summed E-state index contributed by atoms with van der Waals surface area (Å²) in [7, 11) is 0. The first-order valence-electron chi connectivity index (χ1n) is 5.60. The Bertz CT molecular complexity index is 219. The lowest BCUT2D eigenvalue weighted by molar-refractivity contribution is 0.0764. The van der Waals surface area contributed by atoms with Crippen LogP contribution >= 0.6 is 0 Å². The molecule has 0 aromatic carbocycles. The van der Waals surface area contributed by atoms with Crippen molar-refractivity contribution < 1.29 is 5.11 Å². The molecule has 0 saturated heterocycles. The number of fused-ring (bicyclic) bond motifs is 1. The lowest BCUT2D eigenvalue weighted by Gasteiger charge is -2.39. The van der Waals surface area contributed by atoms with Gasteiger partial charge in [0.1, 0.15) is 0 Å². The third-order valence-corrected chi connectivity index (χ3v) is 4.24. The third kappa shape index (κ3) is 1.25. The molecule has 2 atom stereocenters. The molecule has 2 aliphatic carbocycles. The van der Waals surface area contributed by atoms with E-state index in [-0.39, 0.29) is 5.41 Å². The molecule has 1 N–H and O–H groups in total. The molecule has 0 bridgehead atoms. The van der Waals surface area contributed by atoms with Gasteiger partial charge >= 0.3 is 0 Å². The van der Waals surface area contributed by atoms with Gasteiger partial charge < -0.3 is 5.11 Å². The number of hydrogen-bond donors (Lipinski definition) is 1. The van der Waals surface area contributed by atoms with Crippen molar-refractivity contribution in [3.05, 3.63) is 11.6 Å². The van der Waals surface area contributed by atoms with Gasteiger partial charge in [-0.25, -0.2) is 0 Å². The topological polar surface area (TPSA) is 20.2 Å². The fourth-order valence-electron chi connectivity index (χ4n) is 3.48. The maximum atomic E-state index is 9.61. The Morgan fingerprint density at radius 2 is 2.31 bits per heavy atom. The van der Waals surface area contributed by atoms with E-state index in [1.54, 1.807) is 5.57 Å². The standard InChI is InChI=1S/C12H20O/c1-2-10-6-7-11-5-3-4-8-12(10,11)9-13/h2,11,13H,3-9H2,1H3/b10-2-. The largest absolute Gasteiger partial charge is 0.395 e. The summed E-state index contributed by atoms with van der Waals surface area (Å²) in [5, 5.41) is 9.61. The van der Waals surface area contributed by atoms with Crippen LogP contribution in [0.25, 0.3) is 0 Å². The second kappa shape index (κ2) is 3.45. The van der Waals surface area contributed by atoms with E-state index in [2.05, 4.69) is 13.0 Å². The quantitative estimate of drug-likeness (QED) is 0.615. The van der Waals surface area contributed by atoms with Crippen LogP contribution in [0.5, 0.6) is 0 Å². The summed E-state index contributed by atoms with van der Waals surface area (Å²) in [6.07, 6.45) is 10.1. The molecule has 2 fully saturated rings. The van der Waals surface area contributed by atoms with Gasteiger partial charge in [0.15, 0.2) is 0 Å². The Kier molecular flexibility index (Phi) is 2.46. The molecule has 0 amide bonds.